The van der Waals surface area contributed by atoms with Crippen molar-refractivity contribution in [2.24, 2.45) is 0 Å². The predicted molar refractivity (Wildman–Crippen MR) is 150 cm³/mol. The molecule has 0 bridgehead atoms. The maximum atomic E-state index is 13.7. The number of pyridine rings is 1. The van der Waals surface area contributed by atoms with E-state index >= 15 is 0 Å². The summed E-state index contributed by atoms with van der Waals surface area (Å²) < 4.78 is 76.4. The maximum Gasteiger partial charge on any atom is 0.337 e. The predicted octanol–water partition coefficient (Wildman–Crippen LogP) is 4.33. The maximum absolute atomic E-state index is 13.7. The zero-order valence-corrected chi connectivity index (χ0v) is 24.4. The number of furan rings is 1. The van der Waals surface area contributed by atoms with Crippen molar-refractivity contribution in [3.63, 3.8) is 0 Å². The fraction of sp³-hybridized carbons (Fsp3) is 0.379. The van der Waals surface area contributed by atoms with E-state index in [0.29, 0.717) is 6.42 Å². The molecule has 0 N–H and O–H groups in total. The monoisotopic (exact) mass is 618 g/mol. The van der Waals surface area contributed by atoms with Gasteiger partial charge in [-0.1, -0.05) is 0 Å². The van der Waals surface area contributed by atoms with Crippen molar-refractivity contribution in [2.75, 3.05) is 6.54 Å². The number of alkyl halides is 2. The number of aromatic nitrogens is 3. The summed E-state index contributed by atoms with van der Waals surface area (Å²) in [5, 5.41) is -0.135. The molecule has 0 unspecified atom stereocenters. The van der Waals surface area contributed by atoms with Gasteiger partial charge in [-0.25, -0.2) is 31.4 Å². The van der Waals surface area contributed by atoms with Gasteiger partial charge < -0.3 is 4.42 Å². The minimum atomic E-state index is -4.23. The molecule has 1 aromatic carbocycles. The number of Topliss-reactive ketones (excluding diaryl/α,β-unsaturated/α-hetero) is 1. The molecule has 43 heavy (non-hydrogen) atoms. The number of rotatable bonds is 9. The molecule has 14 heteroatoms. The van der Waals surface area contributed by atoms with Crippen LogP contribution in [-0.2, 0) is 27.2 Å². The minimum Gasteiger partial charge on any atom is -0.443 e. The molecule has 4 aromatic rings. The Morgan fingerprint density at radius 3 is 2.56 bits per heavy atom. The molecule has 0 aliphatic carbocycles. The summed E-state index contributed by atoms with van der Waals surface area (Å²) in [6, 6.07) is 5.65. The molecule has 1 aliphatic rings. The van der Waals surface area contributed by atoms with Crippen LogP contribution in [0.2, 0.25) is 0 Å². The van der Waals surface area contributed by atoms with Crippen LogP contribution in [0.15, 0.2) is 67.9 Å². The summed E-state index contributed by atoms with van der Waals surface area (Å²) in [5.74, 6) is -4.10. The van der Waals surface area contributed by atoms with Crippen LogP contribution in [0.3, 0.4) is 0 Å². The highest BCUT2D eigenvalue weighted by molar-refractivity contribution is 7.89. The van der Waals surface area contributed by atoms with E-state index in [9.17, 15) is 36.0 Å². The summed E-state index contributed by atoms with van der Waals surface area (Å²) in [7, 11) is -4.23. The van der Waals surface area contributed by atoms with E-state index < -0.39 is 56.0 Å². The molecule has 10 nitrogen and oxygen atoms in total. The van der Waals surface area contributed by atoms with Crippen LogP contribution in [0.5, 0.6) is 0 Å². The molecule has 1 atom stereocenters. The fourth-order valence-corrected chi connectivity index (χ4v) is 6.84. The van der Waals surface area contributed by atoms with Crippen molar-refractivity contribution in [1.29, 1.82) is 0 Å². The second-order valence-electron chi connectivity index (χ2n) is 10.9. The lowest BCUT2D eigenvalue weighted by Gasteiger charge is -2.22. The molecule has 1 aliphatic heterocycles. The van der Waals surface area contributed by atoms with Crippen molar-refractivity contribution in [3.8, 4) is 5.82 Å². The Hall–Kier alpha value is -4.04. The zero-order chi connectivity index (χ0) is 31.3. The topological polar surface area (TPSA) is 124 Å². The van der Waals surface area contributed by atoms with Gasteiger partial charge in [-0.2, -0.15) is 4.31 Å². The van der Waals surface area contributed by atoms with E-state index in [-0.39, 0.29) is 53.7 Å². The summed E-state index contributed by atoms with van der Waals surface area (Å²) in [6.07, 6.45) is 2.56. The number of carbonyl (C=O) groups is 1. The summed E-state index contributed by atoms with van der Waals surface area (Å²) in [4.78, 5) is 43.7. The van der Waals surface area contributed by atoms with E-state index in [1.165, 1.54) is 24.4 Å². The first-order valence-electron chi connectivity index (χ1n) is 13.6. The minimum absolute atomic E-state index is 0.0127. The van der Waals surface area contributed by atoms with Crippen LogP contribution in [0.4, 0.5) is 13.2 Å². The van der Waals surface area contributed by atoms with Crippen LogP contribution in [0, 0.1) is 5.82 Å². The molecular formula is C29H29F3N4O6S. The third kappa shape index (κ3) is 5.80. The highest BCUT2D eigenvalue weighted by Gasteiger charge is 2.40. The third-order valence-corrected chi connectivity index (χ3v) is 9.21. The standard InChI is InChI=1S/C29H29F3N4O6S/c1-17(2)36-27(38)18(16-34(28(36)39)25-11-7-20(15-33-25)29(3,31)32)6-9-23(37)22-5-4-12-35(22)43(40,41)26-14-19-13-21(30)8-10-24(19)42-26/h7-8,10-11,13-17,22H,4-6,9,12H2,1-3H3/t22-/m0/s1. The largest absolute Gasteiger partial charge is 0.443 e. The molecule has 1 saturated heterocycles. The quantitative estimate of drug-likeness (QED) is 0.274. The van der Waals surface area contributed by atoms with E-state index in [0.717, 1.165) is 44.8 Å². The molecule has 3 aromatic heterocycles. The van der Waals surface area contributed by atoms with Crippen molar-refractivity contribution in [1.82, 2.24) is 18.4 Å². The lowest BCUT2D eigenvalue weighted by atomic mass is 10.0. The van der Waals surface area contributed by atoms with E-state index in [2.05, 4.69) is 4.98 Å². The van der Waals surface area contributed by atoms with Gasteiger partial charge in [0.2, 0.25) is 5.09 Å². The Labute approximate surface area is 244 Å². The Morgan fingerprint density at radius 1 is 1.16 bits per heavy atom. The Bertz CT molecular complexity index is 1920. The highest BCUT2D eigenvalue weighted by Crippen LogP contribution is 2.31. The first-order valence-corrected chi connectivity index (χ1v) is 15.1. The molecule has 0 radical (unpaired) electrons. The summed E-state index contributed by atoms with van der Waals surface area (Å²) in [6.45, 7) is 4.06. The Kier molecular flexibility index (Phi) is 7.94. The van der Waals surface area contributed by atoms with Crippen LogP contribution < -0.4 is 11.2 Å². The summed E-state index contributed by atoms with van der Waals surface area (Å²) in [5.41, 5.74) is -1.41. The van der Waals surface area contributed by atoms with Crippen molar-refractivity contribution < 1.29 is 30.8 Å². The van der Waals surface area contributed by atoms with Gasteiger partial charge in [0.05, 0.1) is 6.04 Å². The van der Waals surface area contributed by atoms with Crippen LogP contribution >= 0.6 is 0 Å². The average molecular weight is 619 g/mol. The smallest absolute Gasteiger partial charge is 0.337 e. The van der Waals surface area contributed by atoms with Gasteiger partial charge in [0.1, 0.15) is 17.2 Å². The number of benzene rings is 1. The second-order valence-corrected chi connectivity index (χ2v) is 12.7. The molecule has 1 fully saturated rings. The lowest BCUT2D eigenvalue weighted by molar-refractivity contribution is -0.122. The van der Waals surface area contributed by atoms with Gasteiger partial charge in [-0.3, -0.25) is 18.7 Å². The number of aryl methyl sites for hydroxylation is 1. The number of nitrogens with zero attached hydrogens (tertiary/aromatic N) is 4. The second kappa shape index (κ2) is 11.2. The number of sulfonamides is 1. The number of fused-ring (bicyclic) bond motifs is 1. The molecular weight excluding hydrogens is 589 g/mol. The van der Waals surface area contributed by atoms with Gasteiger partial charge in [-0.15, -0.1) is 0 Å². The van der Waals surface area contributed by atoms with Crippen LogP contribution in [0.25, 0.3) is 16.8 Å². The van der Waals surface area contributed by atoms with Gasteiger partial charge in [-0.05, 0) is 63.4 Å². The normalized spacial score (nSPS) is 16.4. The number of halogens is 3. The highest BCUT2D eigenvalue weighted by atomic mass is 32.2. The van der Waals surface area contributed by atoms with Crippen molar-refractivity contribution >= 4 is 26.8 Å². The van der Waals surface area contributed by atoms with Gasteiger partial charge in [0.25, 0.3) is 21.5 Å². The molecule has 0 saturated carbocycles. The Balaban J connectivity index is 1.41. The lowest BCUT2D eigenvalue weighted by Crippen LogP contribution is -2.43. The number of hydrogen-bond acceptors (Lipinski definition) is 7. The first kappa shape index (κ1) is 30.4. The number of carbonyl (C=O) groups excluding carboxylic acids is 1. The van der Waals surface area contributed by atoms with Crippen LogP contribution in [0.1, 0.15) is 57.2 Å². The SMILES string of the molecule is CC(C)n1c(=O)c(CCC(=O)[C@@H]2CCCN2S(=O)(=O)c2cc3cc(F)ccc3o2)cn(-c2ccc(C(C)(F)F)cn2)c1=O. The van der Waals surface area contributed by atoms with Crippen molar-refractivity contribution in [2.45, 2.75) is 69.6 Å². The molecule has 0 amide bonds. The van der Waals surface area contributed by atoms with Gasteiger partial charge in [0.15, 0.2) is 5.78 Å². The third-order valence-electron chi connectivity index (χ3n) is 7.44. The van der Waals surface area contributed by atoms with Crippen molar-refractivity contribution in [3.05, 3.63) is 86.6 Å². The van der Waals surface area contributed by atoms with E-state index in [1.54, 1.807) is 13.8 Å². The average Bonchev–Trinajstić information content (AvgIpc) is 3.60. The molecule has 4 heterocycles. The van der Waals surface area contributed by atoms with Gasteiger partial charge in [0, 0.05) is 60.9 Å². The van der Waals surface area contributed by atoms with Crippen LogP contribution in [-0.4, -0.2) is 45.2 Å². The zero-order valence-electron chi connectivity index (χ0n) is 23.6. The number of ketones is 1. The molecule has 228 valence electrons. The fourth-order valence-electron chi connectivity index (χ4n) is 5.21. The first-order chi connectivity index (χ1) is 20.2. The van der Waals surface area contributed by atoms with Gasteiger partial charge >= 0.3 is 5.69 Å². The molecule has 5 rings (SSSR count). The summed E-state index contributed by atoms with van der Waals surface area (Å²) >= 11 is 0. The Morgan fingerprint density at radius 2 is 1.91 bits per heavy atom. The van der Waals surface area contributed by atoms with E-state index in [1.807, 2.05) is 0 Å². The van der Waals surface area contributed by atoms with E-state index in [4.69, 9.17) is 4.42 Å². The number of hydrogen-bond donors (Lipinski definition) is 0. The molecule has 0 spiro atoms.